The Morgan fingerprint density at radius 1 is 1.45 bits per heavy atom. The number of urea groups is 1. The Balaban J connectivity index is 1.96. The van der Waals surface area contributed by atoms with Crippen LogP contribution in [0.4, 0.5) is 18.0 Å². The zero-order valence-corrected chi connectivity index (χ0v) is 12.0. The number of imide groups is 1. The summed E-state index contributed by atoms with van der Waals surface area (Å²) in [6, 6.07) is 4.27. The number of carbonyl (C=O) groups excluding carboxylic acids is 2. The lowest BCUT2D eigenvalue weighted by Crippen LogP contribution is -2.87. The van der Waals surface area contributed by atoms with E-state index in [1.807, 2.05) is 0 Å². The molecule has 1 atom stereocenters. The van der Waals surface area contributed by atoms with E-state index in [1.54, 1.807) is 18.3 Å². The van der Waals surface area contributed by atoms with E-state index >= 15 is 0 Å². The number of benzene rings is 1. The van der Waals surface area contributed by atoms with Gasteiger partial charge in [-0.3, -0.25) is 9.69 Å². The van der Waals surface area contributed by atoms with Crippen LogP contribution < -0.4 is 10.6 Å². The van der Waals surface area contributed by atoms with E-state index in [-0.39, 0.29) is 18.5 Å². The van der Waals surface area contributed by atoms with Crippen molar-refractivity contribution < 1.29 is 28.1 Å². The van der Waals surface area contributed by atoms with Gasteiger partial charge in [0.25, 0.3) is 5.91 Å². The van der Waals surface area contributed by atoms with Crippen LogP contribution in [0.1, 0.15) is 24.1 Å². The van der Waals surface area contributed by atoms with Crippen LogP contribution in [0.3, 0.4) is 0 Å². The molecule has 0 saturated carbocycles. The van der Waals surface area contributed by atoms with Gasteiger partial charge in [-0.1, -0.05) is 12.1 Å². The van der Waals surface area contributed by atoms with Gasteiger partial charge in [0.1, 0.15) is 6.04 Å². The summed E-state index contributed by atoms with van der Waals surface area (Å²) in [4.78, 5) is 24.3. The number of nitrogens with one attached hydrogen (secondary N) is 1. The zero-order valence-electron chi connectivity index (χ0n) is 12.0. The number of amides is 3. The quantitative estimate of drug-likeness (QED) is 0.866. The minimum atomic E-state index is -4.39. The van der Waals surface area contributed by atoms with Crippen molar-refractivity contribution in [3.05, 3.63) is 35.4 Å². The first-order valence-corrected chi connectivity index (χ1v) is 6.87. The van der Waals surface area contributed by atoms with E-state index in [2.05, 4.69) is 5.32 Å². The monoisotopic (exact) mass is 316 g/mol. The van der Waals surface area contributed by atoms with Crippen LogP contribution in [0.15, 0.2) is 24.3 Å². The van der Waals surface area contributed by atoms with Gasteiger partial charge in [-0.05, 0) is 19.1 Å². The molecule has 3 amide bonds. The van der Waals surface area contributed by atoms with Gasteiger partial charge in [-0.25, -0.2) is 4.79 Å². The van der Waals surface area contributed by atoms with Gasteiger partial charge in [-0.15, -0.1) is 0 Å². The van der Waals surface area contributed by atoms with Gasteiger partial charge in [-0.2, -0.15) is 13.2 Å². The van der Waals surface area contributed by atoms with E-state index in [4.69, 9.17) is 0 Å². The molecule has 0 bridgehead atoms. The fourth-order valence-corrected chi connectivity index (χ4v) is 2.23. The smallest absolute Gasteiger partial charge is 0.336 e. The number of hydrogen-bond acceptors (Lipinski definition) is 2. The Labute approximate surface area is 125 Å². The highest BCUT2D eigenvalue weighted by molar-refractivity contribution is 5.96. The normalized spacial score (nSPS) is 16.5. The van der Waals surface area contributed by atoms with Crippen molar-refractivity contribution in [2.75, 3.05) is 19.6 Å². The maximum Gasteiger partial charge on any atom is 0.416 e. The maximum atomic E-state index is 12.7. The molecule has 1 saturated heterocycles. The second kappa shape index (κ2) is 6.35. The molecule has 0 spiro atoms. The lowest BCUT2D eigenvalue weighted by molar-refractivity contribution is -0.683. The lowest BCUT2D eigenvalue weighted by Gasteiger charge is -2.15. The predicted molar refractivity (Wildman–Crippen MR) is 71.8 cm³/mol. The first-order valence-electron chi connectivity index (χ1n) is 6.87. The second-order valence-electron chi connectivity index (χ2n) is 5.13. The Bertz CT molecular complexity index is 575. The van der Waals surface area contributed by atoms with Crippen LogP contribution >= 0.6 is 0 Å². The van der Waals surface area contributed by atoms with Crippen molar-refractivity contribution in [1.82, 2.24) is 10.2 Å². The van der Waals surface area contributed by atoms with Gasteiger partial charge in [0.05, 0.1) is 5.56 Å². The largest absolute Gasteiger partial charge is 0.416 e. The fraction of sp³-hybridized carbons (Fsp3) is 0.429. The first kappa shape index (κ1) is 16.3. The number of carbonyl (C=O) groups is 2. The Hall–Kier alpha value is -2.09. The molecule has 1 aliphatic rings. The highest BCUT2D eigenvalue weighted by atomic mass is 19.4. The molecule has 0 unspecified atom stereocenters. The van der Waals surface area contributed by atoms with Crippen molar-refractivity contribution in [3.63, 3.8) is 0 Å². The van der Waals surface area contributed by atoms with Crippen molar-refractivity contribution in [2.24, 2.45) is 0 Å². The predicted octanol–water partition coefficient (Wildman–Crippen LogP) is 0.882. The van der Waals surface area contributed by atoms with Crippen LogP contribution in [0.2, 0.25) is 0 Å². The summed E-state index contributed by atoms with van der Waals surface area (Å²) in [6.07, 6.45) is -4.39. The van der Waals surface area contributed by atoms with Gasteiger partial charge < -0.3 is 10.6 Å². The average molecular weight is 316 g/mol. The summed E-state index contributed by atoms with van der Waals surface area (Å²) in [5.74, 6) is -0.353. The lowest BCUT2D eigenvalue weighted by atomic mass is 10.0. The SMILES string of the molecule is C[C@H]([NH2+]CC(=O)N1CCNC1=O)c1cccc(C(F)(F)F)c1. The fourth-order valence-electron chi connectivity index (χ4n) is 2.23. The van der Waals surface area contributed by atoms with Crippen LogP contribution in [0.25, 0.3) is 0 Å². The van der Waals surface area contributed by atoms with Crippen LogP contribution in [0, 0.1) is 0 Å². The summed E-state index contributed by atoms with van der Waals surface area (Å²) in [5.41, 5.74) is -0.232. The third-order valence-corrected chi connectivity index (χ3v) is 3.54. The van der Waals surface area contributed by atoms with Crippen molar-refractivity contribution in [3.8, 4) is 0 Å². The van der Waals surface area contributed by atoms with Crippen LogP contribution in [0.5, 0.6) is 0 Å². The first-order chi connectivity index (χ1) is 10.3. The number of quaternary nitrogens is 1. The minimum absolute atomic E-state index is 0.00479. The molecule has 2 rings (SSSR count). The molecule has 1 heterocycles. The van der Waals surface area contributed by atoms with Gasteiger partial charge in [0.2, 0.25) is 0 Å². The molecule has 1 aliphatic heterocycles. The Kier molecular flexibility index (Phi) is 4.70. The molecule has 120 valence electrons. The number of alkyl halides is 3. The standard InChI is InChI=1S/C14H16F3N3O2/c1-9(10-3-2-4-11(7-10)14(15,16)17)19-8-12(21)20-6-5-18-13(20)22/h2-4,7,9,19H,5-6,8H2,1H3,(H,18,22)/p+1/t9-/m0/s1. The Morgan fingerprint density at radius 3 is 2.77 bits per heavy atom. The minimum Gasteiger partial charge on any atom is -0.336 e. The number of nitrogens with zero attached hydrogens (tertiary/aromatic N) is 1. The Morgan fingerprint density at radius 2 is 2.18 bits per heavy atom. The zero-order chi connectivity index (χ0) is 16.3. The van der Waals surface area contributed by atoms with E-state index in [0.29, 0.717) is 18.7 Å². The molecule has 1 fully saturated rings. The highest BCUT2D eigenvalue weighted by Gasteiger charge is 2.31. The van der Waals surface area contributed by atoms with Gasteiger partial charge in [0.15, 0.2) is 6.54 Å². The van der Waals surface area contributed by atoms with E-state index < -0.39 is 17.8 Å². The van der Waals surface area contributed by atoms with E-state index in [0.717, 1.165) is 17.0 Å². The van der Waals surface area contributed by atoms with Crippen molar-refractivity contribution in [1.29, 1.82) is 0 Å². The molecule has 0 aliphatic carbocycles. The molecule has 1 aromatic rings. The molecule has 0 radical (unpaired) electrons. The van der Waals surface area contributed by atoms with Crippen LogP contribution in [-0.2, 0) is 11.0 Å². The molecule has 22 heavy (non-hydrogen) atoms. The second-order valence-corrected chi connectivity index (χ2v) is 5.13. The molecule has 5 nitrogen and oxygen atoms in total. The third kappa shape index (κ3) is 3.76. The summed E-state index contributed by atoms with van der Waals surface area (Å²) >= 11 is 0. The van der Waals surface area contributed by atoms with Crippen molar-refractivity contribution >= 4 is 11.9 Å². The topological polar surface area (TPSA) is 66.0 Å². The summed E-state index contributed by atoms with van der Waals surface area (Å²) in [6.45, 7) is 2.47. The molecule has 3 N–H and O–H groups in total. The molecular weight excluding hydrogens is 299 g/mol. The highest BCUT2D eigenvalue weighted by Crippen LogP contribution is 2.30. The number of halogens is 3. The van der Waals surface area contributed by atoms with Crippen molar-refractivity contribution in [2.45, 2.75) is 19.1 Å². The molecule has 0 aromatic heterocycles. The average Bonchev–Trinajstić information content (AvgIpc) is 2.90. The van der Waals surface area contributed by atoms with E-state index in [9.17, 15) is 22.8 Å². The number of rotatable bonds is 4. The van der Waals surface area contributed by atoms with Gasteiger partial charge in [0, 0.05) is 18.7 Å². The number of nitrogens with two attached hydrogens (primary N) is 1. The summed E-state index contributed by atoms with van der Waals surface area (Å²) < 4.78 is 38.0. The van der Waals surface area contributed by atoms with E-state index in [1.165, 1.54) is 6.07 Å². The molecule has 8 heteroatoms. The third-order valence-electron chi connectivity index (χ3n) is 3.54. The maximum absolute atomic E-state index is 12.7. The van der Waals surface area contributed by atoms with Gasteiger partial charge >= 0.3 is 12.2 Å². The molecule has 1 aromatic carbocycles. The van der Waals surface area contributed by atoms with Crippen LogP contribution in [-0.4, -0.2) is 36.5 Å². The molecular formula is C14H17F3N3O2+. The summed E-state index contributed by atoms with van der Waals surface area (Å²) in [7, 11) is 0. The number of hydrogen-bond donors (Lipinski definition) is 2. The summed E-state index contributed by atoms with van der Waals surface area (Å²) in [5, 5.41) is 4.14.